The zero-order valence-electron chi connectivity index (χ0n) is 12.3. The Kier molecular flexibility index (Phi) is 3.67. The highest BCUT2D eigenvalue weighted by Crippen LogP contribution is 2.27. The fourth-order valence-corrected chi connectivity index (χ4v) is 2.68. The van der Waals surface area contributed by atoms with Crippen LogP contribution in [-0.2, 0) is 6.42 Å². The molecule has 3 nitrogen and oxygen atoms in total. The largest absolute Gasteiger partial charge is 0.508 e. The summed E-state index contributed by atoms with van der Waals surface area (Å²) in [4.78, 5) is 2.17. The van der Waals surface area contributed by atoms with Crippen molar-refractivity contribution in [1.29, 1.82) is 0 Å². The molecule has 0 aliphatic carbocycles. The molecule has 1 unspecified atom stereocenters. The molecule has 0 saturated carbocycles. The van der Waals surface area contributed by atoms with Gasteiger partial charge in [-0.15, -0.1) is 0 Å². The van der Waals surface area contributed by atoms with Gasteiger partial charge in [0, 0.05) is 11.4 Å². The molecule has 1 atom stereocenters. The van der Waals surface area contributed by atoms with Gasteiger partial charge in [0.2, 0.25) is 0 Å². The Hall–Kier alpha value is -2.26. The number of nitrogens with zero attached hydrogens (tertiary/aromatic N) is 1. The Balaban J connectivity index is 1.91. The number of phenols is 1. The molecule has 108 valence electrons. The van der Waals surface area contributed by atoms with Gasteiger partial charge in [-0.25, -0.2) is 0 Å². The van der Waals surface area contributed by atoms with Crippen LogP contribution in [-0.4, -0.2) is 24.1 Å². The smallest absolute Gasteiger partial charge is 0.134 e. The lowest BCUT2D eigenvalue weighted by Gasteiger charge is -2.25. The average molecular weight is 281 g/mol. The molecule has 1 aromatic heterocycles. The molecule has 0 spiro atoms. The molecule has 0 aliphatic heterocycles. The van der Waals surface area contributed by atoms with Crippen LogP contribution in [0.4, 0.5) is 0 Å². The molecule has 1 heterocycles. The van der Waals surface area contributed by atoms with E-state index < -0.39 is 0 Å². The Morgan fingerprint density at radius 2 is 1.95 bits per heavy atom. The summed E-state index contributed by atoms with van der Waals surface area (Å²) in [5, 5.41) is 10.8. The summed E-state index contributed by atoms with van der Waals surface area (Å²) in [6.45, 7) is 0. The van der Waals surface area contributed by atoms with Gasteiger partial charge in [-0.3, -0.25) is 0 Å². The van der Waals surface area contributed by atoms with Gasteiger partial charge in [0.25, 0.3) is 0 Å². The van der Waals surface area contributed by atoms with Gasteiger partial charge >= 0.3 is 0 Å². The number of aromatic hydroxyl groups is 1. The molecule has 0 aliphatic rings. The van der Waals surface area contributed by atoms with E-state index in [1.165, 1.54) is 5.56 Å². The van der Waals surface area contributed by atoms with Crippen molar-refractivity contribution >= 4 is 11.0 Å². The second-order valence-electron chi connectivity index (χ2n) is 5.57. The van der Waals surface area contributed by atoms with Gasteiger partial charge in [-0.1, -0.05) is 24.3 Å². The SMILES string of the molecule is CN(C)C(Cc1ccc2ccoc2c1)c1cccc(O)c1. The third-order valence-corrected chi connectivity index (χ3v) is 3.83. The lowest BCUT2D eigenvalue weighted by Crippen LogP contribution is -2.22. The number of benzene rings is 2. The van der Waals surface area contributed by atoms with E-state index in [4.69, 9.17) is 4.42 Å². The predicted octanol–water partition coefficient (Wildman–Crippen LogP) is 3.98. The summed E-state index contributed by atoms with van der Waals surface area (Å²) >= 11 is 0. The van der Waals surface area contributed by atoms with Crippen LogP contribution in [0.3, 0.4) is 0 Å². The topological polar surface area (TPSA) is 36.6 Å². The van der Waals surface area contributed by atoms with E-state index in [-0.39, 0.29) is 6.04 Å². The lowest BCUT2D eigenvalue weighted by molar-refractivity contribution is 0.297. The van der Waals surface area contributed by atoms with E-state index in [0.717, 1.165) is 23.0 Å². The summed E-state index contributed by atoms with van der Waals surface area (Å²) in [5.74, 6) is 0.306. The summed E-state index contributed by atoms with van der Waals surface area (Å²) in [6, 6.07) is 16.0. The molecule has 0 bridgehead atoms. The van der Waals surface area contributed by atoms with Crippen LogP contribution >= 0.6 is 0 Å². The fraction of sp³-hybridized carbons (Fsp3) is 0.222. The maximum Gasteiger partial charge on any atom is 0.134 e. The molecule has 0 radical (unpaired) electrons. The first kappa shape index (κ1) is 13.7. The lowest BCUT2D eigenvalue weighted by atomic mass is 9.97. The quantitative estimate of drug-likeness (QED) is 0.785. The van der Waals surface area contributed by atoms with Crippen molar-refractivity contribution in [2.45, 2.75) is 12.5 Å². The van der Waals surface area contributed by atoms with E-state index in [0.29, 0.717) is 5.75 Å². The predicted molar refractivity (Wildman–Crippen MR) is 84.5 cm³/mol. The first-order chi connectivity index (χ1) is 10.1. The number of hydrogen-bond acceptors (Lipinski definition) is 3. The minimum absolute atomic E-state index is 0.213. The van der Waals surface area contributed by atoms with Crippen LogP contribution in [0.5, 0.6) is 5.75 Å². The standard InChI is InChI=1S/C18H19NO2/c1-19(2)17(15-4-3-5-16(20)12-15)10-13-6-7-14-8-9-21-18(14)11-13/h3-9,11-12,17,20H,10H2,1-2H3. The zero-order valence-corrected chi connectivity index (χ0v) is 12.3. The molecule has 2 aromatic carbocycles. The first-order valence-electron chi connectivity index (χ1n) is 7.05. The number of furan rings is 1. The number of likely N-dealkylation sites (N-methyl/N-ethyl adjacent to an activating group) is 1. The highest BCUT2D eigenvalue weighted by molar-refractivity contribution is 5.77. The molecular weight excluding hydrogens is 262 g/mol. The van der Waals surface area contributed by atoms with Crippen molar-refractivity contribution in [1.82, 2.24) is 4.90 Å². The molecule has 0 fully saturated rings. The molecule has 0 saturated heterocycles. The van der Waals surface area contributed by atoms with E-state index in [9.17, 15) is 5.11 Å². The molecule has 1 N–H and O–H groups in total. The van der Waals surface area contributed by atoms with Crippen molar-refractivity contribution in [2.24, 2.45) is 0 Å². The van der Waals surface area contributed by atoms with Crippen LogP contribution in [0.25, 0.3) is 11.0 Å². The van der Waals surface area contributed by atoms with Gasteiger partial charge in [0.05, 0.1) is 6.26 Å². The third kappa shape index (κ3) is 2.93. The highest BCUT2D eigenvalue weighted by Gasteiger charge is 2.15. The van der Waals surface area contributed by atoms with Crippen molar-refractivity contribution < 1.29 is 9.52 Å². The van der Waals surface area contributed by atoms with Crippen molar-refractivity contribution in [2.75, 3.05) is 14.1 Å². The summed E-state index contributed by atoms with van der Waals surface area (Å²) < 4.78 is 5.47. The minimum Gasteiger partial charge on any atom is -0.508 e. The van der Waals surface area contributed by atoms with Crippen LogP contribution in [0.2, 0.25) is 0 Å². The zero-order chi connectivity index (χ0) is 14.8. The van der Waals surface area contributed by atoms with Gasteiger partial charge < -0.3 is 14.4 Å². The minimum atomic E-state index is 0.213. The maximum absolute atomic E-state index is 9.69. The third-order valence-electron chi connectivity index (χ3n) is 3.83. The molecule has 0 amide bonds. The molecule has 3 aromatic rings. The van der Waals surface area contributed by atoms with Gasteiger partial charge in [0.1, 0.15) is 11.3 Å². The molecule has 3 rings (SSSR count). The second kappa shape index (κ2) is 5.62. The first-order valence-corrected chi connectivity index (χ1v) is 7.05. The summed E-state index contributed by atoms with van der Waals surface area (Å²) in [5.41, 5.74) is 3.25. The van der Waals surface area contributed by atoms with Gasteiger partial charge in [0.15, 0.2) is 0 Å². The van der Waals surface area contributed by atoms with Crippen molar-refractivity contribution in [3.05, 3.63) is 65.9 Å². The monoisotopic (exact) mass is 281 g/mol. The highest BCUT2D eigenvalue weighted by atomic mass is 16.3. The number of phenolic OH excluding ortho intramolecular Hbond substituents is 1. The number of fused-ring (bicyclic) bond motifs is 1. The Morgan fingerprint density at radius 1 is 1.10 bits per heavy atom. The Bertz CT molecular complexity index is 746. The summed E-state index contributed by atoms with van der Waals surface area (Å²) in [6.07, 6.45) is 2.58. The number of rotatable bonds is 4. The number of hydrogen-bond donors (Lipinski definition) is 1. The molecule has 3 heteroatoms. The van der Waals surface area contributed by atoms with E-state index in [2.05, 4.69) is 43.3 Å². The summed E-state index contributed by atoms with van der Waals surface area (Å²) in [7, 11) is 4.11. The second-order valence-corrected chi connectivity index (χ2v) is 5.57. The Labute approximate surface area is 124 Å². The maximum atomic E-state index is 9.69. The normalized spacial score (nSPS) is 12.9. The van der Waals surface area contributed by atoms with Crippen LogP contribution in [0.1, 0.15) is 17.2 Å². The van der Waals surface area contributed by atoms with Crippen molar-refractivity contribution in [3.8, 4) is 5.75 Å². The molecular formula is C18H19NO2. The van der Waals surface area contributed by atoms with E-state index in [1.807, 2.05) is 18.2 Å². The molecule has 21 heavy (non-hydrogen) atoms. The van der Waals surface area contributed by atoms with Gasteiger partial charge in [-0.05, 0) is 55.9 Å². The van der Waals surface area contributed by atoms with E-state index in [1.54, 1.807) is 12.3 Å². The van der Waals surface area contributed by atoms with Crippen LogP contribution in [0.15, 0.2) is 59.2 Å². The Morgan fingerprint density at radius 3 is 2.71 bits per heavy atom. The van der Waals surface area contributed by atoms with Crippen LogP contribution in [0, 0.1) is 0 Å². The average Bonchev–Trinajstić information content (AvgIpc) is 2.92. The fourth-order valence-electron chi connectivity index (χ4n) is 2.68. The van der Waals surface area contributed by atoms with Crippen LogP contribution < -0.4 is 0 Å². The van der Waals surface area contributed by atoms with Gasteiger partial charge in [-0.2, -0.15) is 0 Å². The van der Waals surface area contributed by atoms with E-state index >= 15 is 0 Å². The van der Waals surface area contributed by atoms with Crippen molar-refractivity contribution in [3.63, 3.8) is 0 Å².